The smallest absolute Gasteiger partial charge is 0.129 e. The molecule has 0 saturated heterocycles. The first-order chi connectivity index (χ1) is 6.18. The zero-order chi connectivity index (χ0) is 9.47. The standard InChI is InChI=1S/C10H10F2O/c1-13-10(4-5-10)8-6-7(11)2-3-9(8)12/h2-3,6H,4-5H2,1H3. The summed E-state index contributed by atoms with van der Waals surface area (Å²) in [5.41, 5.74) is -0.207. The van der Waals surface area contributed by atoms with E-state index in [0.717, 1.165) is 25.0 Å². The second-order valence-electron chi connectivity index (χ2n) is 3.32. The van der Waals surface area contributed by atoms with E-state index in [0.29, 0.717) is 5.56 Å². The number of halogens is 2. The van der Waals surface area contributed by atoms with Crippen molar-refractivity contribution in [2.24, 2.45) is 0 Å². The van der Waals surface area contributed by atoms with Crippen molar-refractivity contribution in [3.8, 4) is 0 Å². The van der Waals surface area contributed by atoms with E-state index >= 15 is 0 Å². The fourth-order valence-corrected chi connectivity index (χ4v) is 1.54. The van der Waals surface area contributed by atoms with Gasteiger partial charge in [0.25, 0.3) is 0 Å². The number of ether oxygens (including phenoxy) is 1. The van der Waals surface area contributed by atoms with Gasteiger partial charge >= 0.3 is 0 Å². The van der Waals surface area contributed by atoms with Gasteiger partial charge in [-0.05, 0) is 31.0 Å². The van der Waals surface area contributed by atoms with Crippen LogP contribution in [0.15, 0.2) is 18.2 Å². The van der Waals surface area contributed by atoms with Crippen LogP contribution in [0.5, 0.6) is 0 Å². The van der Waals surface area contributed by atoms with Crippen LogP contribution in [0.3, 0.4) is 0 Å². The summed E-state index contributed by atoms with van der Waals surface area (Å²) in [7, 11) is 1.53. The van der Waals surface area contributed by atoms with Gasteiger partial charge in [0.1, 0.15) is 11.6 Å². The molecule has 1 nitrogen and oxygen atoms in total. The van der Waals surface area contributed by atoms with E-state index in [1.807, 2.05) is 0 Å². The Kier molecular flexibility index (Phi) is 1.84. The summed E-state index contributed by atoms with van der Waals surface area (Å²) in [6, 6.07) is 3.47. The van der Waals surface area contributed by atoms with Crippen molar-refractivity contribution < 1.29 is 13.5 Å². The maximum Gasteiger partial charge on any atom is 0.129 e. The van der Waals surface area contributed by atoms with Gasteiger partial charge in [0.05, 0.1) is 5.60 Å². The third kappa shape index (κ3) is 1.33. The number of hydrogen-bond acceptors (Lipinski definition) is 1. The average molecular weight is 184 g/mol. The molecule has 1 aliphatic rings. The summed E-state index contributed by atoms with van der Waals surface area (Å²) in [6.45, 7) is 0. The lowest BCUT2D eigenvalue weighted by molar-refractivity contribution is 0.0754. The number of benzene rings is 1. The first-order valence-corrected chi connectivity index (χ1v) is 4.19. The molecule has 0 bridgehead atoms. The zero-order valence-electron chi connectivity index (χ0n) is 7.31. The van der Waals surface area contributed by atoms with Crippen LogP contribution in [0.1, 0.15) is 18.4 Å². The van der Waals surface area contributed by atoms with Crippen molar-refractivity contribution >= 4 is 0 Å². The molecule has 0 unspecified atom stereocenters. The number of methoxy groups -OCH3 is 1. The Morgan fingerprint density at radius 2 is 2.00 bits per heavy atom. The monoisotopic (exact) mass is 184 g/mol. The van der Waals surface area contributed by atoms with Crippen LogP contribution in [-0.4, -0.2) is 7.11 Å². The van der Waals surface area contributed by atoms with E-state index in [-0.39, 0.29) is 5.82 Å². The fourth-order valence-electron chi connectivity index (χ4n) is 1.54. The van der Waals surface area contributed by atoms with Crippen LogP contribution in [0.4, 0.5) is 8.78 Å². The number of hydrogen-bond donors (Lipinski definition) is 0. The largest absolute Gasteiger partial charge is 0.373 e. The van der Waals surface area contributed by atoms with Crippen LogP contribution in [0.25, 0.3) is 0 Å². The average Bonchev–Trinajstić information content (AvgIpc) is 2.90. The maximum atomic E-state index is 13.2. The van der Waals surface area contributed by atoms with Gasteiger partial charge in [0.2, 0.25) is 0 Å². The highest BCUT2D eigenvalue weighted by molar-refractivity contribution is 5.30. The van der Waals surface area contributed by atoms with Crippen molar-refractivity contribution in [1.82, 2.24) is 0 Å². The SMILES string of the molecule is COC1(c2cc(F)ccc2F)CC1. The molecule has 3 heteroatoms. The molecule has 1 fully saturated rings. The third-order valence-electron chi connectivity index (χ3n) is 2.51. The Morgan fingerprint density at radius 3 is 2.54 bits per heavy atom. The Hall–Kier alpha value is -0.960. The lowest BCUT2D eigenvalue weighted by atomic mass is 10.1. The fraction of sp³-hybridized carbons (Fsp3) is 0.400. The van der Waals surface area contributed by atoms with Gasteiger partial charge in [-0.1, -0.05) is 0 Å². The highest BCUT2D eigenvalue weighted by atomic mass is 19.1. The normalized spacial score (nSPS) is 18.7. The quantitative estimate of drug-likeness (QED) is 0.686. The summed E-state index contributed by atoms with van der Waals surface area (Å²) in [6.07, 6.45) is 1.54. The molecular formula is C10H10F2O. The molecule has 1 aliphatic carbocycles. The predicted octanol–water partition coefficient (Wildman–Crippen LogP) is 2.60. The zero-order valence-corrected chi connectivity index (χ0v) is 7.31. The highest BCUT2D eigenvalue weighted by Gasteiger charge is 2.46. The lowest BCUT2D eigenvalue weighted by Gasteiger charge is -2.14. The van der Waals surface area contributed by atoms with Gasteiger partial charge in [0.15, 0.2) is 0 Å². The second kappa shape index (κ2) is 2.77. The van der Waals surface area contributed by atoms with E-state index in [9.17, 15) is 8.78 Å². The van der Waals surface area contributed by atoms with E-state index < -0.39 is 11.4 Å². The topological polar surface area (TPSA) is 9.23 Å². The van der Waals surface area contributed by atoms with Crippen LogP contribution in [0, 0.1) is 11.6 Å². The minimum Gasteiger partial charge on any atom is -0.373 e. The molecule has 2 rings (SSSR count). The van der Waals surface area contributed by atoms with E-state index in [2.05, 4.69) is 0 Å². The van der Waals surface area contributed by atoms with Gasteiger partial charge in [0, 0.05) is 12.7 Å². The van der Waals surface area contributed by atoms with Crippen LogP contribution in [0.2, 0.25) is 0 Å². The van der Waals surface area contributed by atoms with Gasteiger partial charge in [-0.2, -0.15) is 0 Å². The van der Waals surface area contributed by atoms with E-state index in [1.54, 1.807) is 0 Å². The first kappa shape index (κ1) is 8.63. The lowest BCUT2D eigenvalue weighted by Crippen LogP contribution is -2.11. The van der Waals surface area contributed by atoms with Crippen molar-refractivity contribution in [2.75, 3.05) is 7.11 Å². The first-order valence-electron chi connectivity index (χ1n) is 4.19. The summed E-state index contributed by atoms with van der Waals surface area (Å²) in [5, 5.41) is 0. The van der Waals surface area contributed by atoms with E-state index in [4.69, 9.17) is 4.74 Å². The molecule has 0 radical (unpaired) electrons. The molecule has 70 valence electrons. The predicted molar refractivity (Wildman–Crippen MR) is 44.3 cm³/mol. The Labute approximate surface area is 75.3 Å². The Morgan fingerprint density at radius 1 is 1.31 bits per heavy atom. The van der Waals surface area contributed by atoms with Crippen LogP contribution in [-0.2, 0) is 10.3 Å². The van der Waals surface area contributed by atoms with Gasteiger partial charge in [-0.15, -0.1) is 0 Å². The van der Waals surface area contributed by atoms with Crippen LogP contribution < -0.4 is 0 Å². The molecule has 13 heavy (non-hydrogen) atoms. The maximum absolute atomic E-state index is 13.2. The highest BCUT2D eigenvalue weighted by Crippen LogP contribution is 2.49. The number of rotatable bonds is 2. The van der Waals surface area contributed by atoms with Crippen LogP contribution >= 0.6 is 0 Å². The van der Waals surface area contributed by atoms with Crippen molar-refractivity contribution in [1.29, 1.82) is 0 Å². The summed E-state index contributed by atoms with van der Waals surface area (Å²) >= 11 is 0. The molecule has 0 heterocycles. The third-order valence-corrected chi connectivity index (χ3v) is 2.51. The minimum absolute atomic E-state index is 0.343. The van der Waals surface area contributed by atoms with E-state index in [1.165, 1.54) is 13.2 Å². The molecule has 0 aliphatic heterocycles. The minimum atomic E-state index is -0.549. The molecule has 0 spiro atoms. The molecule has 0 amide bonds. The van der Waals surface area contributed by atoms with Gasteiger partial charge in [-0.3, -0.25) is 0 Å². The molecule has 0 N–H and O–H groups in total. The summed E-state index contributed by atoms with van der Waals surface area (Å²) < 4.78 is 31.2. The molecule has 1 aromatic carbocycles. The van der Waals surface area contributed by atoms with Crippen molar-refractivity contribution in [3.05, 3.63) is 35.4 Å². The van der Waals surface area contributed by atoms with Gasteiger partial charge < -0.3 is 4.74 Å². The summed E-state index contributed by atoms with van der Waals surface area (Å²) in [5.74, 6) is -0.805. The molecule has 1 saturated carbocycles. The van der Waals surface area contributed by atoms with Gasteiger partial charge in [-0.25, -0.2) is 8.78 Å². The van der Waals surface area contributed by atoms with Crippen molar-refractivity contribution in [2.45, 2.75) is 18.4 Å². The Balaban J connectivity index is 2.44. The second-order valence-corrected chi connectivity index (χ2v) is 3.32. The molecule has 0 aromatic heterocycles. The Bertz CT molecular complexity index is 332. The van der Waals surface area contributed by atoms with Crippen molar-refractivity contribution in [3.63, 3.8) is 0 Å². The molecule has 0 atom stereocenters. The molecular weight excluding hydrogens is 174 g/mol. The summed E-state index contributed by atoms with van der Waals surface area (Å²) in [4.78, 5) is 0. The molecule has 1 aromatic rings.